The summed E-state index contributed by atoms with van der Waals surface area (Å²) in [4.78, 5) is 17.3. The van der Waals surface area contributed by atoms with Crippen LogP contribution in [0.4, 0.5) is 0 Å². The summed E-state index contributed by atoms with van der Waals surface area (Å²) in [5.74, 6) is 0.179. The van der Waals surface area contributed by atoms with Gasteiger partial charge in [-0.15, -0.1) is 24.8 Å². The number of likely N-dealkylation sites (tertiary alicyclic amines) is 1. The Morgan fingerprint density at radius 1 is 1.08 bits per heavy atom. The second kappa shape index (κ2) is 10.3. The molecule has 0 bridgehead atoms. The third-order valence-electron chi connectivity index (χ3n) is 5.27. The van der Waals surface area contributed by atoms with E-state index in [1.54, 1.807) is 0 Å². The molecule has 0 aromatic rings. The zero-order valence-electron chi connectivity index (χ0n) is 15.3. The van der Waals surface area contributed by atoms with Gasteiger partial charge in [-0.3, -0.25) is 9.69 Å². The molecule has 0 aliphatic carbocycles. The molecule has 8 heteroatoms. The Morgan fingerprint density at radius 2 is 1.76 bits per heavy atom. The Balaban J connectivity index is 0.00000156. The van der Waals surface area contributed by atoms with Gasteiger partial charge in [0, 0.05) is 38.8 Å². The van der Waals surface area contributed by atoms with Gasteiger partial charge in [-0.2, -0.15) is 0 Å². The average molecular weight is 398 g/mol. The zero-order chi connectivity index (χ0) is 16.4. The fraction of sp³-hybridized carbons (Fsp3) is 0.941. The molecule has 5 atom stereocenters. The van der Waals surface area contributed by atoms with Crippen LogP contribution in [0.1, 0.15) is 39.5 Å². The third kappa shape index (κ3) is 5.68. The van der Waals surface area contributed by atoms with E-state index < -0.39 is 0 Å². The molecule has 1 amide bonds. The largest absolute Gasteiger partial charge is 0.373 e. The Labute approximate surface area is 163 Å². The smallest absolute Gasteiger partial charge is 0.252 e. The van der Waals surface area contributed by atoms with E-state index in [2.05, 4.69) is 23.6 Å². The first-order chi connectivity index (χ1) is 11.1. The summed E-state index contributed by atoms with van der Waals surface area (Å²) in [6.45, 7) is 8.49. The average Bonchev–Trinajstić information content (AvgIpc) is 3.14. The van der Waals surface area contributed by atoms with Crippen molar-refractivity contribution < 1.29 is 14.3 Å². The Kier molecular flexibility index (Phi) is 9.43. The number of amides is 1. The van der Waals surface area contributed by atoms with Gasteiger partial charge in [-0.1, -0.05) is 0 Å². The fourth-order valence-electron chi connectivity index (χ4n) is 4.29. The number of hydrogen-bond donors (Lipinski definition) is 1. The highest BCUT2D eigenvalue weighted by atomic mass is 35.5. The van der Waals surface area contributed by atoms with Gasteiger partial charge in [0.1, 0.15) is 6.10 Å². The number of carbonyl (C=O) groups excluding carboxylic acids is 1. The molecule has 3 unspecified atom stereocenters. The van der Waals surface area contributed by atoms with E-state index >= 15 is 0 Å². The van der Waals surface area contributed by atoms with Crippen LogP contribution in [0.2, 0.25) is 0 Å². The van der Waals surface area contributed by atoms with Crippen LogP contribution in [0.5, 0.6) is 0 Å². The van der Waals surface area contributed by atoms with E-state index in [9.17, 15) is 4.79 Å². The van der Waals surface area contributed by atoms with Gasteiger partial charge in [0.2, 0.25) is 0 Å². The molecule has 6 nitrogen and oxygen atoms in total. The zero-order valence-corrected chi connectivity index (χ0v) is 16.9. The molecule has 3 saturated heterocycles. The predicted molar refractivity (Wildman–Crippen MR) is 103 cm³/mol. The monoisotopic (exact) mass is 397 g/mol. The summed E-state index contributed by atoms with van der Waals surface area (Å²) in [6.07, 6.45) is 4.25. The molecule has 3 rings (SSSR count). The molecule has 2 N–H and O–H groups in total. The van der Waals surface area contributed by atoms with E-state index in [4.69, 9.17) is 15.2 Å². The lowest BCUT2D eigenvalue weighted by Crippen LogP contribution is -2.52. The molecular formula is C17H33Cl2N3O3. The Bertz CT molecular complexity index is 420. The molecular weight excluding hydrogens is 365 g/mol. The highest BCUT2D eigenvalue weighted by molar-refractivity contribution is 5.85. The minimum absolute atomic E-state index is 0. The number of hydrogen-bond acceptors (Lipinski definition) is 5. The minimum atomic E-state index is -0.272. The summed E-state index contributed by atoms with van der Waals surface area (Å²) in [5.41, 5.74) is 5.66. The number of carbonyl (C=O) groups is 1. The Hall–Kier alpha value is -0.110. The van der Waals surface area contributed by atoms with Crippen molar-refractivity contribution in [1.82, 2.24) is 9.80 Å². The SMILES string of the molecule is CC1CN(CC2CCCN2C(=O)[C@@H]2CC[C@H](CN)O2)CC(C)O1.Cl.Cl. The molecule has 148 valence electrons. The normalized spacial score (nSPS) is 36.0. The lowest BCUT2D eigenvalue weighted by Gasteiger charge is -2.38. The molecule has 3 aliphatic heterocycles. The van der Waals surface area contributed by atoms with Crippen molar-refractivity contribution in [2.24, 2.45) is 5.73 Å². The number of nitrogens with zero attached hydrogens (tertiary/aromatic N) is 2. The van der Waals surface area contributed by atoms with Crippen LogP contribution in [0.15, 0.2) is 0 Å². The van der Waals surface area contributed by atoms with Crippen LogP contribution in [0.3, 0.4) is 0 Å². The quantitative estimate of drug-likeness (QED) is 0.776. The highest BCUT2D eigenvalue weighted by Gasteiger charge is 2.38. The summed E-state index contributed by atoms with van der Waals surface area (Å²) < 4.78 is 11.6. The standard InChI is InChI=1S/C17H31N3O3.2ClH/c1-12-9-19(10-13(2)22-12)11-14-4-3-7-20(14)17(21)16-6-5-15(8-18)23-16;;/h12-16H,3-11,18H2,1-2H3;2*1H/t12?,13?,14?,15-,16+;;/m1../s1. The number of halogens is 2. The summed E-state index contributed by atoms with van der Waals surface area (Å²) in [7, 11) is 0. The van der Waals surface area contributed by atoms with Crippen molar-refractivity contribution in [3.05, 3.63) is 0 Å². The Morgan fingerprint density at radius 3 is 2.36 bits per heavy atom. The summed E-state index contributed by atoms with van der Waals surface area (Å²) in [6, 6.07) is 0.320. The molecule has 3 fully saturated rings. The second-order valence-corrected chi connectivity index (χ2v) is 7.36. The van der Waals surface area contributed by atoms with E-state index in [0.29, 0.717) is 12.6 Å². The maximum Gasteiger partial charge on any atom is 0.252 e. The molecule has 0 radical (unpaired) electrons. The van der Waals surface area contributed by atoms with Crippen LogP contribution in [-0.4, -0.2) is 78.9 Å². The molecule has 0 aromatic heterocycles. The fourth-order valence-corrected chi connectivity index (χ4v) is 4.29. The van der Waals surface area contributed by atoms with Gasteiger partial charge < -0.3 is 20.1 Å². The van der Waals surface area contributed by atoms with Crippen molar-refractivity contribution in [2.75, 3.05) is 32.7 Å². The van der Waals surface area contributed by atoms with Crippen LogP contribution in [-0.2, 0) is 14.3 Å². The van der Waals surface area contributed by atoms with E-state index in [1.165, 1.54) is 0 Å². The van der Waals surface area contributed by atoms with Crippen molar-refractivity contribution in [3.8, 4) is 0 Å². The highest BCUT2D eigenvalue weighted by Crippen LogP contribution is 2.26. The maximum atomic E-state index is 12.8. The minimum Gasteiger partial charge on any atom is -0.373 e. The molecule has 0 saturated carbocycles. The lowest BCUT2D eigenvalue weighted by molar-refractivity contribution is -0.144. The van der Waals surface area contributed by atoms with Gasteiger partial charge >= 0.3 is 0 Å². The van der Waals surface area contributed by atoms with Gasteiger partial charge in [-0.05, 0) is 39.5 Å². The van der Waals surface area contributed by atoms with Crippen molar-refractivity contribution >= 4 is 30.7 Å². The maximum absolute atomic E-state index is 12.8. The van der Waals surface area contributed by atoms with Crippen LogP contribution >= 0.6 is 24.8 Å². The predicted octanol–water partition coefficient (Wildman–Crippen LogP) is 1.44. The first kappa shape index (κ1) is 22.9. The molecule has 3 aliphatic rings. The van der Waals surface area contributed by atoms with Crippen LogP contribution in [0.25, 0.3) is 0 Å². The van der Waals surface area contributed by atoms with Crippen molar-refractivity contribution in [2.45, 2.75) is 70.0 Å². The van der Waals surface area contributed by atoms with Gasteiger partial charge in [-0.25, -0.2) is 0 Å². The van der Waals surface area contributed by atoms with Crippen molar-refractivity contribution in [1.29, 1.82) is 0 Å². The van der Waals surface area contributed by atoms with E-state index in [0.717, 1.165) is 51.9 Å². The molecule has 0 aromatic carbocycles. The van der Waals surface area contributed by atoms with Crippen LogP contribution < -0.4 is 5.73 Å². The van der Waals surface area contributed by atoms with Gasteiger partial charge in [0.15, 0.2) is 0 Å². The topological polar surface area (TPSA) is 68.0 Å². The van der Waals surface area contributed by atoms with Gasteiger partial charge in [0.05, 0.1) is 18.3 Å². The van der Waals surface area contributed by atoms with E-state index in [1.807, 2.05) is 0 Å². The molecule has 25 heavy (non-hydrogen) atoms. The number of ether oxygens (including phenoxy) is 2. The van der Waals surface area contributed by atoms with Crippen LogP contribution in [0, 0.1) is 0 Å². The van der Waals surface area contributed by atoms with E-state index in [-0.39, 0.29) is 55.1 Å². The van der Waals surface area contributed by atoms with Gasteiger partial charge in [0.25, 0.3) is 5.91 Å². The van der Waals surface area contributed by atoms with Crippen molar-refractivity contribution in [3.63, 3.8) is 0 Å². The first-order valence-corrected chi connectivity index (χ1v) is 9.10. The third-order valence-corrected chi connectivity index (χ3v) is 5.27. The lowest BCUT2D eigenvalue weighted by atomic mass is 10.1. The summed E-state index contributed by atoms with van der Waals surface area (Å²) >= 11 is 0. The second-order valence-electron chi connectivity index (χ2n) is 7.36. The first-order valence-electron chi connectivity index (χ1n) is 9.10. The number of rotatable bonds is 4. The molecule has 3 heterocycles. The molecule has 0 spiro atoms. The number of morpholine rings is 1. The number of nitrogens with two attached hydrogens (primary N) is 1. The summed E-state index contributed by atoms with van der Waals surface area (Å²) in [5, 5.41) is 0.